The molecular formula is C24H26ClF3N2O4S. The van der Waals surface area contributed by atoms with E-state index in [2.05, 4.69) is 21.0 Å². The number of amides is 1. The maximum Gasteiger partial charge on any atom is 0.534 e. The third-order valence-corrected chi connectivity index (χ3v) is 7.31. The predicted molar refractivity (Wildman–Crippen MR) is 128 cm³/mol. The molecule has 0 aromatic heterocycles. The zero-order chi connectivity index (χ0) is 25.8. The Labute approximate surface area is 207 Å². The molecule has 0 bridgehead atoms. The Morgan fingerprint density at radius 2 is 2.00 bits per heavy atom. The predicted octanol–water partition coefficient (Wildman–Crippen LogP) is 5.39. The second-order valence-corrected chi connectivity index (χ2v) is 10.2. The van der Waals surface area contributed by atoms with Crippen molar-refractivity contribution < 1.29 is 30.6 Å². The standard InChI is InChI=1S/C24H26ClF3N2O4S/c1-3-13-30-14-5-4-12-21(30)22(29-23(31)19-10-7-11-20(25)16(19)2)17-8-6-9-18(15-17)34-35(32,33)24(26,27)28/h3,6-11,15,21-22H,1,4-5,12-14H2,2H3,(H,29,31)/t21-,22-/m0/s1. The largest absolute Gasteiger partial charge is 0.534 e. The number of nitrogens with one attached hydrogen (secondary N) is 1. The molecule has 190 valence electrons. The number of likely N-dealkylation sites (tertiary alicyclic amines) is 1. The molecule has 1 saturated heterocycles. The van der Waals surface area contributed by atoms with Crippen molar-refractivity contribution in [2.45, 2.75) is 43.8 Å². The Kier molecular flexibility index (Phi) is 8.50. The van der Waals surface area contributed by atoms with Crippen molar-refractivity contribution in [3.05, 3.63) is 76.8 Å². The molecule has 1 fully saturated rings. The molecule has 0 aliphatic carbocycles. The van der Waals surface area contributed by atoms with Crippen LogP contribution in [-0.4, -0.2) is 43.9 Å². The topological polar surface area (TPSA) is 75.7 Å². The summed E-state index contributed by atoms with van der Waals surface area (Å²) in [7, 11) is -5.84. The fraction of sp³-hybridized carbons (Fsp3) is 0.375. The van der Waals surface area contributed by atoms with Crippen LogP contribution in [-0.2, 0) is 10.1 Å². The average molecular weight is 531 g/mol. The number of halogens is 4. The Hall–Kier alpha value is -2.56. The van der Waals surface area contributed by atoms with Gasteiger partial charge in [-0.3, -0.25) is 9.69 Å². The molecule has 3 rings (SSSR count). The van der Waals surface area contributed by atoms with Gasteiger partial charge in [-0.15, -0.1) is 6.58 Å². The van der Waals surface area contributed by atoms with Crippen LogP contribution in [0.25, 0.3) is 0 Å². The number of alkyl halides is 3. The second-order valence-electron chi connectivity index (χ2n) is 8.27. The van der Waals surface area contributed by atoms with Crippen LogP contribution in [0.1, 0.15) is 46.8 Å². The van der Waals surface area contributed by atoms with Gasteiger partial charge in [0.1, 0.15) is 5.75 Å². The Balaban J connectivity index is 2.01. The van der Waals surface area contributed by atoms with Crippen LogP contribution in [0.4, 0.5) is 13.2 Å². The van der Waals surface area contributed by atoms with E-state index in [4.69, 9.17) is 11.6 Å². The minimum atomic E-state index is -5.84. The van der Waals surface area contributed by atoms with Crippen LogP contribution in [0.15, 0.2) is 55.1 Å². The van der Waals surface area contributed by atoms with Gasteiger partial charge in [0.05, 0.1) is 6.04 Å². The van der Waals surface area contributed by atoms with Gasteiger partial charge in [0.15, 0.2) is 0 Å². The van der Waals surface area contributed by atoms with Crippen LogP contribution in [0.3, 0.4) is 0 Å². The molecule has 1 aliphatic rings. The van der Waals surface area contributed by atoms with Gasteiger partial charge in [-0.1, -0.05) is 42.3 Å². The number of carbonyl (C=O) groups is 1. The number of piperidine rings is 1. The zero-order valence-electron chi connectivity index (χ0n) is 19.0. The number of carbonyl (C=O) groups excluding carboxylic acids is 1. The lowest BCUT2D eigenvalue weighted by atomic mass is 9.90. The number of benzene rings is 2. The summed E-state index contributed by atoms with van der Waals surface area (Å²) in [6.45, 7) is 6.80. The molecule has 0 saturated carbocycles. The van der Waals surface area contributed by atoms with Crippen molar-refractivity contribution in [3.63, 3.8) is 0 Å². The second kappa shape index (κ2) is 11.0. The van der Waals surface area contributed by atoms with Crippen LogP contribution in [0, 0.1) is 6.92 Å². The van der Waals surface area contributed by atoms with E-state index in [-0.39, 0.29) is 6.04 Å². The summed E-state index contributed by atoms with van der Waals surface area (Å²) in [5.74, 6) is -0.905. The van der Waals surface area contributed by atoms with Gasteiger partial charge in [-0.05, 0) is 61.7 Å². The minimum absolute atomic E-state index is 0.209. The molecule has 2 aromatic carbocycles. The van der Waals surface area contributed by atoms with Crippen molar-refractivity contribution in [2.75, 3.05) is 13.1 Å². The Morgan fingerprint density at radius 1 is 1.29 bits per heavy atom. The highest BCUT2D eigenvalue weighted by Gasteiger charge is 2.48. The third kappa shape index (κ3) is 6.36. The van der Waals surface area contributed by atoms with E-state index in [9.17, 15) is 26.4 Å². The van der Waals surface area contributed by atoms with Crippen molar-refractivity contribution in [1.29, 1.82) is 0 Å². The van der Waals surface area contributed by atoms with Crippen LogP contribution in [0.2, 0.25) is 5.02 Å². The SMILES string of the molecule is C=CCN1CCCC[C@H]1[C@@H](NC(=O)c1cccc(Cl)c1C)c1cccc(OS(=O)(=O)C(F)(F)F)c1. The molecule has 1 heterocycles. The first-order chi connectivity index (χ1) is 16.4. The van der Waals surface area contributed by atoms with E-state index in [1.54, 1.807) is 37.3 Å². The molecule has 0 spiro atoms. The summed E-state index contributed by atoms with van der Waals surface area (Å²) in [6, 6.07) is 9.41. The molecule has 1 aliphatic heterocycles. The Bertz CT molecular complexity index is 1190. The summed E-state index contributed by atoms with van der Waals surface area (Å²) in [4.78, 5) is 15.4. The molecule has 0 radical (unpaired) electrons. The average Bonchev–Trinajstić information content (AvgIpc) is 2.79. The monoisotopic (exact) mass is 530 g/mol. The van der Waals surface area contributed by atoms with Gasteiger partial charge >= 0.3 is 15.6 Å². The smallest absolute Gasteiger partial charge is 0.376 e. The summed E-state index contributed by atoms with van der Waals surface area (Å²) in [6.07, 6.45) is 4.29. The maximum atomic E-state index is 13.3. The van der Waals surface area contributed by atoms with Crippen LogP contribution >= 0.6 is 11.6 Å². The minimum Gasteiger partial charge on any atom is -0.376 e. The fourth-order valence-electron chi connectivity index (χ4n) is 4.19. The lowest BCUT2D eigenvalue weighted by molar-refractivity contribution is -0.0500. The summed E-state index contributed by atoms with van der Waals surface area (Å²) in [5, 5.41) is 3.42. The van der Waals surface area contributed by atoms with E-state index < -0.39 is 33.3 Å². The highest BCUT2D eigenvalue weighted by Crippen LogP contribution is 2.33. The molecule has 2 aromatic rings. The molecular weight excluding hydrogens is 505 g/mol. The summed E-state index contributed by atoms with van der Waals surface area (Å²) < 4.78 is 65.9. The highest BCUT2D eigenvalue weighted by molar-refractivity contribution is 7.88. The number of hydrogen-bond acceptors (Lipinski definition) is 5. The van der Waals surface area contributed by atoms with Crippen molar-refractivity contribution >= 4 is 27.6 Å². The van der Waals surface area contributed by atoms with Gasteiger partial charge in [0.25, 0.3) is 5.91 Å². The zero-order valence-corrected chi connectivity index (χ0v) is 20.6. The molecule has 1 amide bonds. The molecule has 6 nitrogen and oxygen atoms in total. The number of nitrogens with zero attached hydrogens (tertiary/aromatic N) is 1. The normalized spacial score (nSPS) is 18.0. The summed E-state index contributed by atoms with van der Waals surface area (Å²) in [5.41, 5.74) is -4.20. The van der Waals surface area contributed by atoms with Crippen LogP contribution in [0.5, 0.6) is 5.75 Å². The molecule has 1 N–H and O–H groups in total. The first-order valence-electron chi connectivity index (χ1n) is 11.0. The number of hydrogen-bond donors (Lipinski definition) is 1. The van der Waals surface area contributed by atoms with Crippen molar-refractivity contribution in [2.24, 2.45) is 0 Å². The van der Waals surface area contributed by atoms with Crippen molar-refractivity contribution in [1.82, 2.24) is 10.2 Å². The maximum absolute atomic E-state index is 13.3. The van der Waals surface area contributed by atoms with Crippen molar-refractivity contribution in [3.8, 4) is 5.75 Å². The van der Waals surface area contributed by atoms with E-state index in [0.29, 0.717) is 34.7 Å². The first-order valence-corrected chi connectivity index (χ1v) is 12.7. The molecule has 0 unspecified atom stereocenters. The lowest BCUT2D eigenvalue weighted by Crippen LogP contribution is -2.48. The quantitative estimate of drug-likeness (QED) is 0.281. The van der Waals surface area contributed by atoms with E-state index in [1.165, 1.54) is 12.1 Å². The van der Waals surface area contributed by atoms with Gasteiger partial charge in [0, 0.05) is 23.2 Å². The molecule has 2 atom stereocenters. The van der Waals surface area contributed by atoms with Gasteiger partial charge in [-0.2, -0.15) is 21.6 Å². The van der Waals surface area contributed by atoms with Crippen LogP contribution < -0.4 is 9.50 Å². The van der Waals surface area contributed by atoms with Gasteiger partial charge in [-0.25, -0.2) is 0 Å². The third-order valence-electron chi connectivity index (χ3n) is 5.92. The molecule has 11 heteroatoms. The fourth-order valence-corrected chi connectivity index (χ4v) is 4.82. The van der Waals surface area contributed by atoms with E-state index in [1.807, 2.05) is 0 Å². The van der Waals surface area contributed by atoms with Gasteiger partial charge in [0.2, 0.25) is 0 Å². The highest BCUT2D eigenvalue weighted by atomic mass is 35.5. The van der Waals surface area contributed by atoms with E-state index >= 15 is 0 Å². The van der Waals surface area contributed by atoms with E-state index in [0.717, 1.165) is 25.5 Å². The molecule has 35 heavy (non-hydrogen) atoms. The van der Waals surface area contributed by atoms with Gasteiger partial charge < -0.3 is 9.50 Å². The number of rotatable bonds is 8. The summed E-state index contributed by atoms with van der Waals surface area (Å²) >= 11 is 6.18. The first kappa shape index (κ1) is 27.0. The Morgan fingerprint density at radius 3 is 2.69 bits per heavy atom. The lowest BCUT2D eigenvalue weighted by Gasteiger charge is -2.40.